The van der Waals surface area contributed by atoms with Crippen LogP contribution in [0.2, 0.25) is 0 Å². The molecule has 1 aromatic carbocycles. The summed E-state index contributed by atoms with van der Waals surface area (Å²) in [6.07, 6.45) is 1.21. The first kappa shape index (κ1) is 19.0. The van der Waals surface area contributed by atoms with Gasteiger partial charge in [-0.15, -0.1) is 0 Å². The summed E-state index contributed by atoms with van der Waals surface area (Å²) in [7, 11) is -6.91. The standard InChI is InChI=1S/C13H23N3O4S2/c1-3-10-15-22(19,20)16-11-9-12-5-7-13(8-6-12)21(17,18)14-4-2/h5-8,14-16H,3-4,9-11H2,1-2H3. The normalized spacial score (nSPS) is 12.5. The van der Waals surface area contributed by atoms with Crippen LogP contribution in [0.25, 0.3) is 0 Å². The van der Waals surface area contributed by atoms with Crippen LogP contribution >= 0.6 is 0 Å². The lowest BCUT2D eigenvalue weighted by atomic mass is 10.2. The molecule has 0 saturated heterocycles. The molecule has 0 bridgehead atoms. The molecule has 0 saturated carbocycles. The zero-order valence-corrected chi connectivity index (χ0v) is 14.4. The van der Waals surface area contributed by atoms with Gasteiger partial charge in [-0.25, -0.2) is 22.6 Å². The van der Waals surface area contributed by atoms with Crippen molar-refractivity contribution in [2.75, 3.05) is 19.6 Å². The Labute approximate surface area is 132 Å². The zero-order valence-electron chi connectivity index (χ0n) is 12.8. The third kappa shape index (κ3) is 6.41. The molecular formula is C13H23N3O4S2. The van der Waals surface area contributed by atoms with E-state index in [2.05, 4.69) is 14.2 Å². The van der Waals surface area contributed by atoms with Crippen molar-refractivity contribution in [2.45, 2.75) is 31.6 Å². The van der Waals surface area contributed by atoms with Crippen LogP contribution in [0.3, 0.4) is 0 Å². The van der Waals surface area contributed by atoms with Crippen LogP contribution < -0.4 is 14.2 Å². The largest absolute Gasteiger partial charge is 0.276 e. The molecule has 0 heterocycles. The van der Waals surface area contributed by atoms with Gasteiger partial charge in [-0.2, -0.15) is 8.42 Å². The van der Waals surface area contributed by atoms with Gasteiger partial charge in [-0.3, -0.25) is 0 Å². The molecule has 1 rings (SSSR count). The minimum absolute atomic E-state index is 0.197. The SMILES string of the molecule is CCCNS(=O)(=O)NCCc1ccc(S(=O)(=O)NCC)cc1. The molecule has 7 nitrogen and oxygen atoms in total. The van der Waals surface area contributed by atoms with Gasteiger partial charge in [-0.1, -0.05) is 26.0 Å². The molecule has 0 aliphatic rings. The highest BCUT2D eigenvalue weighted by molar-refractivity contribution is 7.89. The Kier molecular flexibility index (Phi) is 7.43. The van der Waals surface area contributed by atoms with Crippen LogP contribution in [0, 0.1) is 0 Å². The van der Waals surface area contributed by atoms with E-state index in [-0.39, 0.29) is 11.4 Å². The molecule has 3 N–H and O–H groups in total. The maximum atomic E-state index is 11.8. The average Bonchev–Trinajstić information content (AvgIpc) is 2.45. The number of hydrogen-bond donors (Lipinski definition) is 3. The third-order valence-corrected chi connectivity index (χ3v) is 5.55. The Bertz CT molecular complexity index is 655. The first-order valence-corrected chi connectivity index (χ1v) is 10.1. The van der Waals surface area contributed by atoms with Gasteiger partial charge < -0.3 is 0 Å². The van der Waals surface area contributed by atoms with E-state index < -0.39 is 20.2 Å². The van der Waals surface area contributed by atoms with Crippen molar-refractivity contribution in [3.63, 3.8) is 0 Å². The number of sulfonamides is 1. The number of rotatable bonds is 10. The van der Waals surface area contributed by atoms with Crippen LogP contribution in [-0.4, -0.2) is 36.5 Å². The van der Waals surface area contributed by atoms with E-state index in [1.54, 1.807) is 19.1 Å². The maximum Gasteiger partial charge on any atom is 0.276 e. The van der Waals surface area contributed by atoms with Gasteiger partial charge in [0.2, 0.25) is 10.0 Å². The van der Waals surface area contributed by atoms with Gasteiger partial charge in [0.1, 0.15) is 0 Å². The van der Waals surface area contributed by atoms with Crippen LogP contribution in [0.4, 0.5) is 0 Å². The third-order valence-electron chi connectivity index (χ3n) is 2.82. The number of nitrogens with one attached hydrogen (secondary N) is 3. The van der Waals surface area contributed by atoms with E-state index in [0.29, 0.717) is 19.5 Å². The maximum absolute atomic E-state index is 11.8. The quantitative estimate of drug-likeness (QED) is 0.567. The molecule has 0 fully saturated rings. The lowest BCUT2D eigenvalue weighted by Crippen LogP contribution is -2.37. The van der Waals surface area contributed by atoms with E-state index in [4.69, 9.17) is 0 Å². The van der Waals surface area contributed by atoms with E-state index in [1.165, 1.54) is 12.1 Å². The second kappa shape index (κ2) is 8.59. The molecule has 126 valence electrons. The Morgan fingerprint density at radius 1 is 0.864 bits per heavy atom. The Balaban J connectivity index is 2.55. The summed E-state index contributed by atoms with van der Waals surface area (Å²) < 4.78 is 53.9. The second-order valence-corrected chi connectivity index (χ2v) is 8.04. The molecule has 9 heteroatoms. The lowest BCUT2D eigenvalue weighted by molar-refractivity contribution is 0.565. The summed E-state index contributed by atoms with van der Waals surface area (Å²) >= 11 is 0. The fourth-order valence-corrected chi connectivity index (χ4v) is 3.71. The molecule has 1 aromatic rings. The molecule has 0 radical (unpaired) electrons. The number of benzene rings is 1. The van der Waals surface area contributed by atoms with E-state index in [0.717, 1.165) is 12.0 Å². The van der Waals surface area contributed by atoms with E-state index in [1.807, 2.05) is 6.92 Å². The minimum atomic E-state index is -3.46. The van der Waals surface area contributed by atoms with Gasteiger partial charge >= 0.3 is 0 Å². The molecular weight excluding hydrogens is 326 g/mol. The fourth-order valence-electron chi connectivity index (χ4n) is 1.73. The Hall–Kier alpha value is -1.00. The molecule has 0 aliphatic carbocycles. The van der Waals surface area contributed by atoms with Gasteiger partial charge in [0.15, 0.2) is 0 Å². The van der Waals surface area contributed by atoms with Crippen molar-refractivity contribution < 1.29 is 16.8 Å². The van der Waals surface area contributed by atoms with Crippen molar-refractivity contribution in [1.82, 2.24) is 14.2 Å². The highest BCUT2D eigenvalue weighted by atomic mass is 32.2. The molecule has 0 amide bonds. The first-order chi connectivity index (χ1) is 10.3. The first-order valence-electron chi connectivity index (χ1n) is 7.13. The van der Waals surface area contributed by atoms with Gasteiger partial charge in [0.25, 0.3) is 10.2 Å². The zero-order chi connectivity index (χ0) is 16.6. The Morgan fingerprint density at radius 3 is 2.00 bits per heavy atom. The van der Waals surface area contributed by atoms with Crippen molar-refractivity contribution >= 4 is 20.2 Å². The predicted octanol–water partition coefficient (Wildman–Crippen LogP) is 0.361. The predicted molar refractivity (Wildman–Crippen MR) is 86.2 cm³/mol. The highest BCUT2D eigenvalue weighted by Crippen LogP contribution is 2.10. The second-order valence-electron chi connectivity index (χ2n) is 4.69. The van der Waals surface area contributed by atoms with Crippen molar-refractivity contribution in [3.8, 4) is 0 Å². The molecule has 0 aliphatic heterocycles. The summed E-state index contributed by atoms with van der Waals surface area (Å²) in [5.74, 6) is 0. The van der Waals surface area contributed by atoms with Crippen LogP contribution in [-0.2, 0) is 26.7 Å². The van der Waals surface area contributed by atoms with Crippen LogP contribution in [0.15, 0.2) is 29.2 Å². The van der Waals surface area contributed by atoms with Gasteiger partial charge in [0, 0.05) is 19.6 Å². The summed E-state index contributed by atoms with van der Waals surface area (Å²) in [6, 6.07) is 6.38. The van der Waals surface area contributed by atoms with Crippen LogP contribution in [0.5, 0.6) is 0 Å². The Morgan fingerprint density at radius 2 is 1.45 bits per heavy atom. The molecule has 0 spiro atoms. The smallest absolute Gasteiger partial charge is 0.211 e. The average molecular weight is 349 g/mol. The monoisotopic (exact) mass is 349 g/mol. The minimum Gasteiger partial charge on any atom is -0.211 e. The van der Waals surface area contributed by atoms with Crippen molar-refractivity contribution in [1.29, 1.82) is 0 Å². The summed E-state index contributed by atoms with van der Waals surface area (Å²) in [5, 5.41) is 0. The van der Waals surface area contributed by atoms with Crippen molar-refractivity contribution in [3.05, 3.63) is 29.8 Å². The molecule has 22 heavy (non-hydrogen) atoms. The van der Waals surface area contributed by atoms with E-state index in [9.17, 15) is 16.8 Å². The summed E-state index contributed by atoms with van der Waals surface area (Å²) in [4.78, 5) is 0.197. The summed E-state index contributed by atoms with van der Waals surface area (Å²) in [5.41, 5.74) is 0.855. The van der Waals surface area contributed by atoms with Crippen molar-refractivity contribution in [2.24, 2.45) is 0 Å². The molecule has 0 unspecified atom stereocenters. The van der Waals surface area contributed by atoms with E-state index >= 15 is 0 Å². The highest BCUT2D eigenvalue weighted by Gasteiger charge is 2.12. The van der Waals surface area contributed by atoms with Crippen LogP contribution in [0.1, 0.15) is 25.8 Å². The topological polar surface area (TPSA) is 104 Å². The fraction of sp³-hybridized carbons (Fsp3) is 0.538. The lowest BCUT2D eigenvalue weighted by Gasteiger charge is -2.08. The molecule has 0 atom stereocenters. The summed E-state index contributed by atoms with van der Waals surface area (Å²) in [6.45, 7) is 4.57. The van der Waals surface area contributed by atoms with Gasteiger partial charge in [-0.05, 0) is 30.5 Å². The number of hydrogen-bond acceptors (Lipinski definition) is 4. The van der Waals surface area contributed by atoms with Gasteiger partial charge in [0.05, 0.1) is 4.90 Å². The molecule has 0 aromatic heterocycles.